The molecule has 0 spiro atoms. The fourth-order valence-corrected chi connectivity index (χ4v) is 1.34. The molecule has 116 valence electrons. The van der Waals surface area contributed by atoms with Gasteiger partial charge in [0.15, 0.2) is 5.82 Å². The molecule has 23 heavy (non-hydrogen) atoms. The molecule has 2 rings (SSSR count). The van der Waals surface area contributed by atoms with Crippen LogP contribution in [0.3, 0.4) is 0 Å². The number of nitrogens with two attached hydrogens (primary N) is 1. The van der Waals surface area contributed by atoms with E-state index < -0.39 is 0 Å². The van der Waals surface area contributed by atoms with E-state index >= 15 is 0 Å². The average molecular weight is 310 g/mol. The summed E-state index contributed by atoms with van der Waals surface area (Å²) in [6.45, 7) is 8.82. The highest BCUT2D eigenvalue weighted by Crippen LogP contribution is 2.04. The predicted octanol–water partition coefficient (Wildman–Crippen LogP) is 1.00. The predicted molar refractivity (Wildman–Crippen MR) is 84.1 cm³/mol. The number of aryl methyl sites for hydroxylation is 1. The number of hydrogen-bond donors (Lipinski definition) is 2. The third-order valence-electron chi connectivity index (χ3n) is 2.27. The highest BCUT2D eigenvalue weighted by Gasteiger charge is 2.08. The van der Waals surface area contributed by atoms with Crippen LogP contribution < -0.4 is 11.2 Å². The van der Waals surface area contributed by atoms with Crippen LogP contribution in [0, 0.1) is 30.6 Å². The van der Waals surface area contributed by atoms with E-state index in [9.17, 15) is 4.79 Å². The lowest BCUT2D eigenvalue weighted by Gasteiger charge is -2.03. The zero-order valence-corrected chi connectivity index (χ0v) is 12.3. The molecule has 3 N–H and O–H groups in total. The maximum atomic E-state index is 11.9. The van der Waals surface area contributed by atoms with E-state index in [4.69, 9.17) is 16.4 Å². The highest BCUT2D eigenvalue weighted by atomic mass is 16.1. The van der Waals surface area contributed by atoms with Crippen molar-refractivity contribution in [3.8, 4) is 13.1 Å². The van der Waals surface area contributed by atoms with Crippen molar-refractivity contribution in [1.82, 2.24) is 15.0 Å². The van der Waals surface area contributed by atoms with E-state index in [-0.39, 0.29) is 11.6 Å². The van der Waals surface area contributed by atoms with Crippen LogP contribution >= 0.6 is 0 Å². The first-order chi connectivity index (χ1) is 11.2. The van der Waals surface area contributed by atoms with E-state index in [0.717, 1.165) is 5.69 Å². The number of rotatable bonds is 3. The number of nitrogens with one attached hydrogen (secondary N) is 1. The Labute approximate surface area is 133 Å². The maximum absolute atomic E-state index is 11.9. The second kappa shape index (κ2) is 10.9. The first-order valence-electron chi connectivity index (χ1n) is 6.00. The van der Waals surface area contributed by atoms with Crippen LogP contribution in [-0.4, -0.2) is 27.1 Å². The summed E-state index contributed by atoms with van der Waals surface area (Å²) in [4.78, 5) is 23.9. The Bertz CT molecular complexity index is 667. The number of carbonyl (C=O) groups is 1. The number of nitriles is 2. The number of amides is 1. The Balaban J connectivity index is 0.00000112. The summed E-state index contributed by atoms with van der Waals surface area (Å²) >= 11 is 0. The van der Waals surface area contributed by atoms with Gasteiger partial charge >= 0.3 is 0 Å². The summed E-state index contributed by atoms with van der Waals surface area (Å²) in [6, 6.07) is 3.27. The van der Waals surface area contributed by atoms with E-state index in [1.807, 2.05) is 6.92 Å². The van der Waals surface area contributed by atoms with Crippen LogP contribution in [0.5, 0.6) is 0 Å². The minimum atomic E-state index is -0.352. The topological polar surface area (TPSA) is 154 Å². The van der Waals surface area contributed by atoms with Crippen molar-refractivity contribution in [3.63, 3.8) is 0 Å². The van der Waals surface area contributed by atoms with Crippen LogP contribution in [0.2, 0.25) is 0 Å². The van der Waals surface area contributed by atoms with Crippen LogP contribution in [0.15, 0.2) is 35.8 Å². The van der Waals surface area contributed by atoms with Crippen molar-refractivity contribution in [2.24, 2.45) is 10.9 Å². The molecule has 2 aromatic rings. The fourth-order valence-electron chi connectivity index (χ4n) is 1.34. The minimum Gasteiger partial charge on any atom is -0.323 e. The number of nitrogens with zero attached hydrogens (tertiary/aromatic N) is 6. The molecule has 0 aromatic carbocycles. The van der Waals surface area contributed by atoms with E-state index in [2.05, 4.69) is 38.5 Å². The number of hydrazone groups is 1. The van der Waals surface area contributed by atoms with Crippen molar-refractivity contribution in [1.29, 1.82) is 10.5 Å². The van der Waals surface area contributed by atoms with Gasteiger partial charge in [-0.25, -0.2) is 15.5 Å². The molecule has 0 radical (unpaired) electrons. The van der Waals surface area contributed by atoms with Gasteiger partial charge in [-0.2, -0.15) is 5.10 Å². The van der Waals surface area contributed by atoms with Gasteiger partial charge in [-0.3, -0.25) is 14.8 Å². The van der Waals surface area contributed by atoms with Crippen LogP contribution in [0.25, 0.3) is 0 Å². The third kappa shape index (κ3) is 6.42. The summed E-state index contributed by atoms with van der Waals surface area (Å²) in [5.41, 5.74) is 1.77. The average Bonchev–Trinajstić information content (AvgIpc) is 2.61. The smallest absolute Gasteiger partial charge is 0.275 e. The summed E-state index contributed by atoms with van der Waals surface area (Å²) in [7, 11) is 0. The summed E-state index contributed by atoms with van der Waals surface area (Å²) in [6.07, 6.45) is 6.01. The molecular formula is C14H14N8O. The molecule has 9 heteroatoms. The van der Waals surface area contributed by atoms with E-state index in [1.54, 1.807) is 18.3 Å². The molecule has 0 atom stereocenters. The van der Waals surface area contributed by atoms with Crippen molar-refractivity contribution in [2.45, 2.75) is 6.92 Å². The summed E-state index contributed by atoms with van der Waals surface area (Å²) in [5.74, 6) is 5.05. The Morgan fingerprint density at radius 2 is 1.87 bits per heavy atom. The first-order valence-corrected chi connectivity index (χ1v) is 6.00. The molecule has 0 unspecified atom stereocenters. The van der Waals surface area contributed by atoms with Crippen LogP contribution in [0.4, 0.5) is 5.82 Å². The van der Waals surface area contributed by atoms with Gasteiger partial charge in [-0.15, -0.1) is 0 Å². The normalized spacial score (nSPS) is 8.91. The van der Waals surface area contributed by atoms with E-state index in [1.165, 1.54) is 18.6 Å². The Hall–Kier alpha value is -3.85. The number of pyridine rings is 1. The minimum absolute atomic E-state index is 0.275. The molecule has 9 nitrogen and oxygen atoms in total. The molecule has 0 saturated heterocycles. The zero-order valence-electron chi connectivity index (χ0n) is 12.3. The van der Waals surface area contributed by atoms with Gasteiger partial charge in [-0.1, -0.05) is 0 Å². The second-order valence-corrected chi connectivity index (χ2v) is 3.75. The summed E-state index contributed by atoms with van der Waals surface area (Å²) < 4.78 is 0. The molecule has 0 aliphatic carbocycles. The van der Waals surface area contributed by atoms with E-state index in [0.29, 0.717) is 11.4 Å². The molecule has 0 bridgehead atoms. The van der Waals surface area contributed by atoms with Gasteiger partial charge < -0.3 is 11.2 Å². The van der Waals surface area contributed by atoms with Crippen molar-refractivity contribution in [3.05, 3.63) is 47.7 Å². The molecule has 2 heterocycles. The summed E-state index contributed by atoms with van der Waals surface area (Å²) in [5, 5.41) is 19.0. The van der Waals surface area contributed by atoms with Gasteiger partial charge in [0.25, 0.3) is 5.91 Å². The standard InChI is InChI=1S/C12H12N6O.2CHN/c1-8-4-16-11(7-14-8)18-12(19)10-3-2-9(5-15-10)6-17-13;2*1-2/h2-7H,13H2,1H3,(H,16,18,19);2*1H. The van der Waals surface area contributed by atoms with Gasteiger partial charge in [0.05, 0.1) is 24.3 Å². The lowest BCUT2D eigenvalue weighted by molar-refractivity contribution is 0.102. The zero-order chi connectivity index (χ0) is 17.7. The largest absolute Gasteiger partial charge is 0.323 e. The van der Waals surface area contributed by atoms with Crippen LogP contribution in [0.1, 0.15) is 21.7 Å². The van der Waals surface area contributed by atoms with Crippen molar-refractivity contribution < 1.29 is 4.79 Å². The van der Waals surface area contributed by atoms with Gasteiger partial charge in [0.1, 0.15) is 5.69 Å². The molecule has 0 fully saturated rings. The molecule has 0 saturated carbocycles. The fraction of sp³-hybridized carbons (Fsp3) is 0.0714. The number of hydrogen-bond acceptors (Lipinski definition) is 8. The van der Waals surface area contributed by atoms with Crippen molar-refractivity contribution in [2.75, 3.05) is 5.32 Å². The maximum Gasteiger partial charge on any atom is 0.275 e. The molecule has 0 aliphatic rings. The highest BCUT2D eigenvalue weighted by molar-refractivity contribution is 6.02. The number of carbonyl (C=O) groups excluding carboxylic acids is 1. The first kappa shape index (κ1) is 19.1. The lowest BCUT2D eigenvalue weighted by Crippen LogP contribution is -2.14. The van der Waals surface area contributed by atoms with Gasteiger partial charge in [0.2, 0.25) is 0 Å². The van der Waals surface area contributed by atoms with Gasteiger partial charge in [-0.05, 0) is 19.1 Å². The third-order valence-corrected chi connectivity index (χ3v) is 2.27. The monoisotopic (exact) mass is 310 g/mol. The molecule has 2 aromatic heterocycles. The molecule has 1 amide bonds. The van der Waals surface area contributed by atoms with Crippen molar-refractivity contribution >= 4 is 17.9 Å². The molecule has 0 aliphatic heterocycles. The number of aromatic nitrogens is 3. The Morgan fingerprint density at radius 3 is 2.35 bits per heavy atom. The Morgan fingerprint density at radius 1 is 1.17 bits per heavy atom. The van der Waals surface area contributed by atoms with Gasteiger partial charge in [0, 0.05) is 24.9 Å². The SMILES string of the molecule is C#N.C#N.Cc1cnc(NC(=O)c2ccc(C=NN)cn2)cn1. The molecular weight excluding hydrogens is 296 g/mol. The second-order valence-electron chi connectivity index (χ2n) is 3.75. The number of anilines is 1. The Kier molecular flexibility index (Phi) is 9.06. The lowest BCUT2D eigenvalue weighted by atomic mass is 10.2. The van der Waals surface area contributed by atoms with Crippen LogP contribution in [-0.2, 0) is 0 Å². The quantitative estimate of drug-likeness (QED) is 0.487.